The Balaban J connectivity index is 3.62. The molecule has 0 aliphatic rings. The second-order valence-electron chi connectivity index (χ2n) is 2.55. The van der Waals surface area contributed by atoms with Crippen LogP contribution in [0.4, 0.5) is 0 Å². The highest BCUT2D eigenvalue weighted by Gasteiger charge is 2.13. The number of rotatable bonds is 6. The maximum atomic E-state index is 11.0. The van der Waals surface area contributed by atoms with Crippen LogP contribution in [0.15, 0.2) is 0 Å². The summed E-state index contributed by atoms with van der Waals surface area (Å²) < 4.78 is 0. The SMILES string of the molecule is NC(CCC(=O)O)C(=O)NCCO. The molecule has 0 aliphatic heterocycles. The van der Waals surface area contributed by atoms with E-state index in [1.165, 1.54) is 0 Å². The molecular formula is C7H14N2O4. The highest BCUT2D eigenvalue weighted by atomic mass is 16.4. The van der Waals surface area contributed by atoms with Crippen molar-refractivity contribution in [2.75, 3.05) is 13.2 Å². The minimum absolute atomic E-state index is 0.104. The summed E-state index contributed by atoms with van der Waals surface area (Å²) in [5, 5.41) is 19.0. The van der Waals surface area contributed by atoms with Crippen molar-refractivity contribution in [3.63, 3.8) is 0 Å². The predicted molar refractivity (Wildman–Crippen MR) is 44.9 cm³/mol. The number of nitrogens with one attached hydrogen (secondary N) is 1. The molecule has 5 N–H and O–H groups in total. The Kier molecular flexibility index (Phi) is 5.82. The van der Waals surface area contributed by atoms with Gasteiger partial charge in [-0.25, -0.2) is 0 Å². The van der Waals surface area contributed by atoms with Crippen molar-refractivity contribution in [3.8, 4) is 0 Å². The summed E-state index contributed by atoms with van der Waals surface area (Å²) in [5.41, 5.74) is 5.35. The summed E-state index contributed by atoms with van der Waals surface area (Å²) in [6.07, 6.45) is -0.0275. The maximum absolute atomic E-state index is 11.0. The van der Waals surface area contributed by atoms with Crippen molar-refractivity contribution in [2.45, 2.75) is 18.9 Å². The van der Waals surface area contributed by atoms with Gasteiger partial charge in [-0.3, -0.25) is 9.59 Å². The lowest BCUT2D eigenvalue weighted by Gasteiger charge is -2.09. The number of hydrogen-bond acceptors (Lipinski definition) is 4. The van der Waals surface area contributed by atoms with E-state index in [2.05, 4.69) is 5.32 Å². The summed E-state index contributed by atoms with van der Waals surface area (Å²) in [7, 11) is 0. The second-order valence-corrected chi connectivity index (χ2v) is 2.55. The van der Waals surface area contributed by atoms with Crippen LogP contribution in [-0.4, -0.2) is 41.3 Å². The molecule has 0 saturated heterocycles. The van der Waals surface area contributed by atoms with Crippen molar-refractivity contribution in [1.29, 1.82) is 0 Å². The molecule has 0 aromatic rings. The predicted octanol–water partition coefficient (Wildman–Crippen LogP) is -1.71. The van der Waals surface area contributed by atoms with E-state index in [9.17, 15) is 9.59 Å². The first-order valence-electron chi connectivity index (χ1n) is 3.94. The molecule has 76 valence electrons. The second kappa shape index (κ2) is 6.38. The molecule has 0 aromatic heterocycles. The molecule has 0 rings (SSSR count). The topological polar surface area (TPSA) is 113 Å². The van der Waals surface area contributed by atoms with Crippen LogP contribution in [0.5, 0.6) is 0 Å². The molecule has 0 spiro atoms. The van der Waals surface area contributed by atoms with Crippen molar-refractivity contribution in [1.82, 2.24) is 5.32 Å². The van der Waals surface area contributed by atoms with Gasteiger partial charge in [0.25, 0.3) is 0 Å². The largest absolute Gasteiger partial charge is 0.481 e. The Morgan fingerprint density at radius 3 is 2.54 bits per heavy atom. The highest BCUT2D eigenvalue weighted by molar-refractivity contribution is 5.82. The van der Waals surface area contributed by atoms with E-state index in [-0.39, 0.29) is 26.0 Å². The number of amides is 1. The van der Waals surface area contributed by atoms with Gasteiger partial charge in [0.05, 0.1) is 12.6 Å². The minimum Gasteiger partial charge on any atom is -0.481 e. The van der Waals surface area contributed by atoms with Gasteiger partial charge in [-0.1, -0.05) is 0 Å². The average Bonchev–Trinajstić information content (AvgIpc) is 2.10. The minimum atomic E-state index is -0.981. The molecule has 0 heterocycles. The Hall–Kier alpha value is -1.14. The van der Waals surface area contributed by atoms with Crippen molar-refractivity contribution in [3.05, 3.63) is 0 Å². The number of carboxylic acid groups (broad SMARTS) is 1. The summed E-state index contributed by atoms with van der Waals surface area (Å²) in [6.45, 7) is -0.0169. The Labute approximate surface area is 75.7 Å². The summed E-state index contributed by atoms with van der Waals surface area (Å²) in [5.74, 6) is -1.42. The van der Waals surface area contributed by atoms with Crippen LogP contribution in [0.1, 0.15) is 12.8 Å². The van der Waals surface area contributed by atoms with Crippen LogP contribution in [0.3, 0.4) is 0 Å². The fourth-order valence-corrected chi connectivity index (χ4v) is 0.720. The zero-order chi connectivity index (χ0) is 10.3. The Morgan fingerprint density at radius 2 is 2.08 bits per heavy atom. The average molecular weight is 190 g/mol. The van der Waals surface area contributed by atoms with Gasteiger partial charge in [0.1, 0.15) is 0 Å². The van der Waals surface area contributed by atoms with Gasteiger partial charge in [-0.05, 0) is 6.42 Å². The van der Waals surface area contributed by atoms with Crippen molar-refractivity contribution < 1.29 is 19.8 Å². The number of nitrogens with two attached hydrogens (primary N) is 1. The molecule has 13 heavy (non-hydrogen) atoms. The Morgan fingerprint density at radius 1 is 1.46 bits per heavy atom. The molecular weight excluding hydrogens is 176 g/mol. The maximum Gasteiger partial charge on any atom is 0.303 e. The van der Waals surface area contributed by atoms with Crippen LogP contribution in [0, 0.1) is 0 Å². The first-order valence-corrected chi connectivity index (χ1v) is 3.94. The molecule has 1 unspecified atom stereocenters. The van der Waals surface area contributed by atoms with E-state index >= 15 is 0 Å². The number of carboxylic acids is 1. The van der Waals surface area contributed by atoms with Gasteiger partial charge in [-0.2, -0.15) is 0 Å². The van der Waals surface area contributed by atoms with Gasteiger partial charge in [0.2, 0.25) is 5.91 Å². The molecule has 0 aliphatic carbocycles. The lowest BCUT2D eigenvalue weighted by atomic mass is 10.1. The summed E-state index contributed by atoms with van der Waals surface area (Å²) >= 11 is 0. The van der Waals surface area contributed by atoms with Crippen LogP contribution in [0.25, 0.3) is 0 Å². The van der Waals surface area contributed by atoms with E-state index < -0.39 is 17.9 Å². The number of carbonyl (C=O) groups is 2. The first kappa shape index (κ1) is 11.9. The first-order chi connectivity index (χ1) is 6.07. The monoisotopic (exact) mass is 190 g/mol. The van der Waals surface area contributed by atoms with Crippen molar-refractivity contribution in [2.24, 2.45) is 5.73 Å². The third-order valence-corrected chi connectivity index (χ3v) is 1.42. The Bertz CT molecular complexity index is 183. The normalized spacial score (nSPS) is 12.2. The van der Waals surface area contributed by atoms with E-state index in [0.29, 0.717) is 0 Å². The molecule has 0 aromatic carbocycles. The number of aliphatic hydroxyl groups is 1. The zero-order valence-corrected chi connectivity index (χ0v) is 7.19. The highest BCUT2D eigenvalue weighted by Crippen LogP contribution is 1.94. The molecule has 0 bridgehead atoms. The molecule has 0 radical (unpaired) electrons. The fraction of sp³-hybridized carbons (Fsp3) is 0.714. The van der Waals surface area contributed by atoms with Crippen LogP contribution < -0.4 is 11.1 Å². The van der Waals surface area contributed by atoms with Crippen molar-refractivity contribution >= 4 is 11.9 Å². The summed E-state index contributed by atoms with van der Waals surface area (Å²) in [4.78, 5) is 21.1. The molecule has 0 fully saturated rings. The van der Waals surface area contributed by atoms with Gasteiger partial charge in [-0.15, -0.1) is 0 Å². The van der Waals surface area contributed by atoms with Gasteiger partial charge < -0.3 is 21.3 Å². The molecule has 6 nitrogen and oxygen atoms in total. The van der Waals surface area contributed by atoms with Gasteiger partial charge >= 0.3 is 5.97 Å². The number of aliphatic carboxylic acids is 1. The lowest BCUT2D eigenvalue weighted by Crippen LogP contribution is -2.41. The molecule has 6 heteroatoms. The third-order valence-electron chi connectivity index (χ3n) is 1.42. The zero-order valence-electron chi connectivity index (χ0n) is 7.19. The number of carbonyl (C=O) groups excluding carboxylic acids is 1. The van der Waals surface area contributed by atoms with E-state index in [0.717, 1.165) is 0 Å². The van der Waals surface area contributed by atoms with E-state index in [4.69, 9.17) is 15.9 Å². The fourth-order valence-electron chi connectivity index (χ4n) is 0.720. The van der Waals surface area contributed by atoms with E-state index in [1.54, 1.807) is 0 Å². The smallest absolute Gasteiger partial charge is 0.303 e. The third kappa shape index (κ3) is 6.06. The molecule has 1 atom stereocenters. The molecule has 0 saturated carbocycles. The van der Waals surface area contributed by atoms with Gasteiger partial charge in [0, 0.05) is 13.0 Å². The van der Waals surface area contributed by atoms with Crippen LogP contribution >= 0.6 is 0 Å². The number of hydrogen-bond donors (Lipinski definition) is 4. The molecule has 1 amide bonds. The standard InChI is InChI=1S/C7H14N2O4/c8-5(1-2-6(11)12)7(13)9-3-4-10/h5,10H,1-4,8H2,(H,9,13)(H,11,12). The van der Waals surface area contributed by atoms with Crippen LogP contribution in [-0.2, 0) is 9.59 Å². The van der Waals surface area contributed by atoms with Gasteiger partial charge in [0.15, 0.2) is 0 Å². The van der Waals surface area contributed by atoms with Crippen LogP contribution in [0.2, 0.25) is 0 Å². The van der Waals surface area contributed by atoms with E-state index in [1.807, 2.05) is 0 Å². The quantitative estimate of drug-likeness (QED) is 0.398. The number of aliphatic hydroxyl groups excluding tert-OH is 1. The summed E-state index contributed by atoms with van der Waals surface area (Å²) in [6, 6.07) is -0.817. The lowest BCUT2D eigenvalue weighted by molar-refractivity contribution is -0.137.